The van der Waals surface area contributed by atoms with Crippen LogP contribution < -0.4 is 4.74 Å². The molecule has 0 bridgehead atoms. The maximum Gasteiger partial charge on any atom is 0.237 e. The normalized spacial score (nSPS) is 13.5. The molecule has 1 fully saturated rings. The Hall–Kier alpha value is -2.55. The van der Waals surface area contributed by atoms with Crippen molar-refractivity contribution in [1.29, 1.82) is 0 Å². The molecule has 1 saturated carbocycles. The predicted molar refractivity (Wildman–Crippen MR) is 118 cm³/mol. The van der Waals surface area contributed by atoms with Crippen LogP contribution >= 0.6 is 35.0 Å². The molecule has 0 unspecified atom stereocenters. The van der Waals surface area contributed by atoms with Gasteiger partial charge in [0.05, 0.1) is 10.8 Å². The molecule has 4 aromatic rings. The lowest BCUT2D eigenvalue weighted by Crippen LogP contribution is -2.07. The molecule has 10 heteroatoms. The van der Waals surface area contributed by atoms with Crippen LogP contribution in [0.4, 0.5) is 0 Å². The van der Waals surface area contributed by atoms with Gasteiger partial charge < -0.3 is 9.26 Å². The number of benzene rings is 2. The number of halogens is 2. The van der Waals surface area contributed by atoms with Gasteiger partial charge in [0, 0.05) is 16.6 Å². The topological polar surface area (TPSA) is 78.9 Å². The largest absolute Gasteiger partial charge is 0.484 e. The van der Waals surface area contributed by atoms with Crippen LogP contribution in [0.15, 0.2) is 58.2 Å². The maximum atomic E-state index is 6.18. The molecule has 0 N–H and O–H groups in total. The highest BCUT2D eigenvalue weighted by atomic mass is 35.5. The first kappa shape index (κ1) is 20.4. The molecule has 2 aromatic carbocycles. The summed E-state index contributed by atoms with van der Waals surface area (Å²) in [5.74, 6) is 2.91. The number of hydrogen-bond acceptors (Lipinski definition) is 7. The summed E-state index contributed by atoms with van der Waals surface area (Å²) in [4.78, 5) is 4.47. The Balaban J connectivity index is 1.28. The maximum absolute atomic E-state index is 6.18. The molecule has 7 nitrogen and oxygen atoms in total. The predicted octanol–water partition coefficient (Wildman–Crippen LogP) is 5.84. The van der Waals surface area contributed by atoms with Crippen LogP contribution in [0.25, 0.3) is 11.4 Å². The number of para-hydroxylation sites is 1. The fourth-order valence-electron chi connectivity index (χ4n) is 3.09. The van der Waals surface area contributed by atoms with Crippen molar-refractivity contribution >= 4 is 35.0 Å². The van der Waals surface area contributed by atoms with Gasteiger partial charge in [-0.3, -0.25) is 4.57 Å². The van der Waals surface area contributed by atoms with Gasteiger partial charge in [0.25, 0.3) is 0 Å². The minimum absolute atomic E-state index is 0.299. The Bertz CT molecular complexity index is 1210. The summed E-state index contributed by atoms with van der Waals surface area (Å²) in [6.07, 6.45) is 2.20. The minimum atomic E-state index is 0.299. The van der Waals surface area contributed by atoms with Gasteiger partial charge in [-0.05, 0) is 37.1 Å². The first-order valence-electron chi connectivity index (χ1n) is 9.70. The van der Waals surface area contributed by atoms with E-state index in [4.69, 9.17) is 32.5 Å². The van der Waals surface area contributed by atoms with Gasteiger partial charge in [-0.25, -0.2) is 0 Å². The zero-order chi connectivity index (χ0) is 21.2. The lowest BCUT2D eigenvalue weighted by Gasteiger charge is -2.10. The molecule has 1 aliphatic rings. The van der Waals surface area contributed by atoms with Gasteiger partial charge in [-0.1, -0.05) is 64.4 Å². The molecule has 0 saturated heterocycles. The molecule has 0 atom stereocenters. The van der Waals surface area contributed by atoms with Crippen molar-refractivity contribution in [3.05, 3.63) is 70.3 Å². The van der Waals surface area contributed by atoms with Crippen LogP contribution in [0.1, 0.15) is 30.6 Å². The van der Waals surface area contributed by atoms with Gasteiger partial charge >= 0.3 is 0 Å². The SMILES string of the molecule is Clc1cccc(-c2noc(CSc3nnc(COc4ccccc4Cl)n3C3CC3)n2)c1. The summed E-state index contributed by atoms with van der Waals surface area (Å²) in [7, 11) is 0. The standard InChI is InChI=1S/C21H17Cl2N5O2S/c22-14-5-3-4-13(10-14)20-24-19(30-27-20)12-31-21-26-25-18(28(21)15-8-9-15)11-29-17-7-2-1-6-16(17)23/h1-7,10,15H,8-9,11-12H2. The summed E-state index contributed by atoms with van der Waals surface area (Å²) >= 11 is 13.7. The van der Waals surface area contributed by atoms with Crippen LogP contribution in [0, 0.1) is 0 Å². The first-order valence-corrected chi connectivity index (χ1v) is 11.4. The smallest absolute Gasteiger partial charge is 0.237 e. The van der Waals surface area contributed by atoms with Crippen LogP contribution in [-0.4, -0.2) is 24.9 Å². The van der Waals surface area contributed by atoms with Crippen molar-refractivity contribution in [1.82, 2.24) is 24.9 Å². The molecule has 158 valence electrons. The molecule has 5 rings (SSSR count). The second-order valence-electron chi connectivity index (χ2n) is 7.03. The number of nitrogens with zero attached hydrogens (tertiary/aromatic N) is 5. The summed E-state index contributed by atoms with van der Waals surface area (Å²) < 4.78 is 13.4. The lowest BCUT2D eigenvalue weighted by atomic mass is 10.2. The van der Waals surface area contributed by atoms with Crippen molar-refractivity contribution in [3.8, 4) is 17.1 Å². The molecule has 0 aliphatic heterocycles. The van der Waals surface area contributed by atoms with E-state index in [9.17, 15) is 0 Å². The van der Waals surface area contributed by atoms with Crippen LogP contribution in [0.3, 0.4) is 0 Å². The molecule has 0 amide bonds. The molecule has 0 spiro atoms. The van der Waals surface area contributed by atoms with Crippen molar-refractivity contribution in [2.24, 2.45) is 0 Å². The Morgan fingerprint density at radius 2 is 1.97 bits per heavy atom. The summed E-state index contributed by atoms with van der Waals surface area (Å²) in [5, 5.41) is 14.8. The average molecular weight is 474 g/mol. The lowest BCUT2D eigenvalue weighted by molar-refractivity contribution is 0.288. The fraction of sp³-hybridized carbons (Fsp3) is 0.238. The van der Waals surface area contributed by atoms with E-state index in [-0.39, 0.29) is 0 Å². The second-order valence-corrected chi connectivity index (χ2v) is 8.82. The number of hydrogen-bond donors (Lipinski definition) is 0. The van der Waals surface area contributed by atoms with Gasteiger partial charge in [0.2, 0.25) is 11.7 Å². The van der Waals surface area contributed by atoms with E-state index in [1.54, 1.807) is 18.2 Å². The number of thioether (sulfide) groups is 1. The van der Waals surface area contributed by atoms with Crippen molar-refractivity contribution in [2.75, 3.05) is 0 Å². The number of aromatic nitrogens is 5. The highest BCUT2D eigenvalue weighted by Gasteiger charge is 2.30. The zero-order valence-corrected chi connectivity index (χ0v) is 18.6. The molecular formula is C21H17Cl2N5O2S. The minimum Gasteiger partial charge on any atom is -0.484 e. The fourth-order valence-corrected chi connectivity index (χ4v) is 4.33. The molecule has 2 aromatic heterocycles. The number of rotatable bonds is 8. The van der Waals surface area contributed by atoms with Crippen molar-refractivity contribution in [2.45, 2.75) is 36.4 Å². The van der Waals surface area contributed by atoms with Gasteiger partial charge in [-0.2, -0.15) is 4.98 Å². The molecule has 1 aliphatic carbocycles. The Morgan fingerprint density at radius 1 is 1.10 bits per heavy atom. The summed E-state index contributed by atoms with van der Waals surface area (Å²) in [6.45, 7) is 0.299. The second kappa shape index (κ2) is 8.90. The molecular weight excluding hydrogens is 457 g/mol. The summed E-state index contributed by atoms with van der Waals surface area (Å²) in [6, 6.07) is 15.1. The third-order valence-corrected chi connectivity index (χ3v) is 6.19. The van der Waals surface area contributed by atoms with Gasteiger partial charge in [0.1, 0.15) is 12.4 Å². The van der Waals surface area contributed by atoms with Gasteiger partial charge in [-0.15, -0.1) is 10.2 Å². The van der Waals surface area contributed by atoms with E-state index in [1.807, 2.05) is 30.3 Å². The molecule has 0 radical (unpaired) electrons. The van der Waals surface area contributed by atoms with Gasteiger partial charge in [0.15, 0.2) is 11.0 Å². The molecule has 31 heavy (non-hydrogen) atoms. The number of ether oxygens (including phenoxy) is 1. The van der Waals surface area contributed by atoms with Crippen molar-refractivity contribution < 1.29 is 9.26 Å². The zero-order valence-electron chi connectivity index (χ0n) is 16.2. The van der Waals surface area contributed by atoms with Crippen LogP contribution in [0.5, 0.6) is 5.75 Å². The van der Waals surface area contributed by atoms with E-state index < -0.39 is 0 Å². The van der Waals surface area contributed by atoms with E-state index >= 15 is 0 Å². The van der Waals surface area contributed by atoms with E-state index in [1.165, 1.54) is 11.8 Å². The quantitative estimate of drug-likeness (QED) is 0.297. The highest BCUT2D eigenvalue weighted by molar-refractivity contribution is 7.98. The van der Waals surface area contributed by atoms with Crippen molar-refractivity contribution in [3.63, 3.8) is 0 Å². The van der Waals surface area contributed by atoms with E-state index in [0.29, 0.717) is 45.9 Å². The third kappa shape index (κ3) is 4.71. The Labute approximate surface area is 192 Å². The van der Waals surface area contributed by atoms with E-state index in [2.05, 4.69) is 24.9 Å². The van der Waals surface area contributed by atoms with E-state index in [0.717, 1.165) is 29.4 Å². The van der Waals surface area contributed by atoms with Crippen LogP contribution in [0.2, 0.25) is 10.0 Å². The first-order chi connectivity index (χ1) is 15.2. The monoisotopic (exact) mass is 473 g/mol. The van der Waals surface area contributed by atoms with Crippen LogP contribution in [-0.2, 0) is 12.4 Å². The highest BCUT2D eigenvalue weighted by Crippen LogP contribution is 2.39. The molecule has 2 heterocycles. The average Bonchev–Trinajstić information content (AvgIpc) is 3.35. The Kier molecular flexibility index (Phi) is 5.85. The Morgan fingerprint density at radius 3 is 2.77 bits per heavy atom. The summed E-state index contributed by atoms with van der Waals surface area (Å²) in [5.41, 5.74) is 0.813. The third-order valence-electron chi connectivity index (χ3n) is 4.72.